The van der Waals surface area contributed by atoms with E-state index in [4.69, 9.17) is 4.74 Å². The molecule has 14 heavy (non-hydrogen) atoms. The second kappa shape index (κ2) is 6.38. The van der Waals surface area contributed by atoms with E-state index in [2.05, 4.69) is 24.2 Å². The third-order valence-corrected chi connectivity index (χ3v) is 2.97. The van der Waals surface area contributed by atoms with Crippen LogP contribution in [-0.4, -0.2) is 50.8 Å². The maximum Gasteiger partial charge on any atom is 0.0590 e. The lowest BCUT2D eigenvalue weighted by Crippen LogP contribution is -2.47. The van der Waals surface area contributed by atoms with Gasteiger partial charge in [-0.2, -0.15) is 0 Å². The minimum Gasteiger partial charge on any atom is -0.380 e. The second-order valence-corrected chi connectivity index (χ2v) is 4.29. The van der Waals surface area contributed by atoms with E-state index in [9.17, 15) is 0 Å². The zero-order valence-electron chi connectivity index (χ0n) is 9.75. The number of piperidine rings is 1. The van der Waals surface area contributed by atoms with Crippen LogP contribution in [0.2, 0.25) is 0 Å². The van der Waals surface area contributed by atoms with Crippen molar-refractivity contribution >= 4 is 0 Å². The van der Waals surface area contributed by atoms with E-state index in [-0.39, 0.29) is 0 Å². The number of nitrogens with zero attached hydrogens (tertiary/aromatic N) is 1. The molecule has 84 valence electrons. The number of hydrogen-bond donors (Lipinski definition) is 1. The first-order chi connectivity index (χ1) is 6.74. The van der Waals surface area contributed by atoms with Gasteiger partial charge >= 0.3 is 0 Å². The molecule has 0 spiro atoms. The first kappa shape index (κ1) is 12.0. The predicted octanol–water partition coefficient (Wildman–Crippen LogP) is 0.953. The van der Waals surface area contributed by atoms with E-state index >= 15 is 0 Å². The molecule has 1 heterocycles. The van der Waals surface area contributed by atoms with Crippen molar-refractivity contribution in [2.75, 3.05) is 39.9 Å². The highest BCUT2D eigenvalue weighted by atomic mass is 16.5. The standard InChI is InChI=1S/C11H24N2O/c1-4-14-8-6-12-11-5-7-13(3)9-10(11)2/h10-12H,4-9H2,1-3H3. The Hall–Kier alpha value is -0.120. The molecule has 1 N–H and O–H groups in total. The van der Waals surface area contributed by atoms with Gasteiger partial charge in [0.2, 0.25) is 0 Å². The maximum atomic E-state index is 5.31. The molecule has 0 aromatic rings. The van der Waals surface area contributed by atoms with Crippen molar-refractivity contribution in [2.24, 2.45) is 5.92 Å². The Morgan fingerprint density at radius 2 is 2.29 bits per heavy atom. The van der Waals surface area contributed by atoms with Gasteiger partial charge < -0.3 is 15.0 Å². The van der Waals surface area contributed by atoms with Gasteiger partial charge in [-0.05, 0) is 32.9 Å². The van der Waals surface area contributed by atoms with Crippen molar-refractivity contribution in [3.63, 3.8) is 0 Å². The van der Waals surface area contributed by atoms with Gasteiger partial charge in [0.1, 0.15) is 0 Å². The van der Waals surface area contributed by atoms with Crippen LogP contribution < -0.4 is 5.32 Å². The van der Waals surface area contributed by atoms with E-state index in [1.54, 1.807) is 0 Å². The molecule has 2 atom stereocenters. The number of nitrogens with one attached hydrogen (secondary N) is 1. The molecule has 0 bridgehead atoms. The molecule has 3 nitrogen and oxygen atoms in total. The average molecular weight is 200 g/mol. The number of rotatable bonds is 5. The van der Waals surface area contributed by atoms with Crippen molar-refractivity contribution in [1.82, 2.24) is 10.2 Å². The van der Waals surface area contributed by atoms with Crippen molar-refractivity contribution in [3.8, 4) is 0 Å². The van der Waals surface area contributed by atoms with Crippen LogP contribution in [0.4, 0.5) is 0 Å². The maximum absolute atomic E-state index is 5.31. The summed E-state index contributed by atoms with van der Waals surface area (Å²) in [6.07, 6.45) is 1.27. The van der Waals surface area contributed by atoms with Crippen LogP contribution in [0.5, 0.6) is 0 Å². The summed E-state index contributed by atoms with van der Waals surface area (Å²) < 4.78 is 5.31. The van der Waals surface area contributed by atoms with Crippen LogP contribution in [0.1, 0.15) is 20.3 Å². The molecule has 1 rings (SSSR count). The number of likely N-dealkylation sites (tertiary alicyclic amines) is 1. The van der Waals surface area contributed by atoms with Crippen LogP contribution in [0.15, 0.2) is 0 Å². The zero-order valence-corrected chi connectivity index (χ0v) is 9.75. The molecular formula is C11H24N2O. The highest BCUT2D eigenvalue weighted by Gasteiger charge is 2.22. The summed E-state index contributed by atoms with van der Waals surface area (Å²) in [6, 6.07) is 0.687. The van der Waals surface area contributed by atoms with Crippen LogP contribution in [-0.2, 0) is 4.74 Å². The molecule has 0 aromatic carbocycles. The summed E-state index contributed by atoms with van der Waals surface area (Å²) >= 11 is 0. The Kier molecular flexibility index (Phi) is 5.45. The molecule has 0 saturated carbocycles. The topological polar surface area (TPSA) is 24.5 Å². The first-order valence-electron chi connectivity index (χ1n) is 5.73. The SMILES string of the molecule is CCOCCNC1CCN(C)CC1C. The highest BCUT2D eigenvalue weighted by Crippen LogP contribution is 2.14. The fraction of sp³-hybridized carbons (Fsp3) is 1.00. The van der Waals surface area contributed by atoms with Crippen LogP contribution in [0.25, 0.3) is 0 Å². The minimum absolute atomic E-state index is 0.687. The summed E-state index contributed by atoms with van der Waals surface area (Å²) in [7, 11) is 2.20. The van der Waals surface area contributed by atoms with E-state index in [1.165, 1.54) is 19.5 Å². The Labute approximate surface area is 87.8 Å². The molecule has 0 aromatic heterocycles. The van der Waals surface area contributed by atoms with Crippen molar-refractivity contribution < 1.29 is 4.74 Å². The molecule has 3 heteroatoms. The fourth-order valence-corrected chi connectivity index (χ4v) is 2.12. The van der Waals surface area contributed by atoms with Gasteiger partial charge in [-0.25, -0.2) is 0 Å². The van der Waals surface area contributed by atoms with Crippen molar-refractivity contribution in [1.29, 1.82) is 0 Å². The predicted molar refractivity (Wildman–Crippen MR) is 59.6 cm³/mol. The molecule has 0 radical (unpaired) electrons. The smallest absolute Gasteiger partial charge is 0.0590 e. The molecule has 1 aliphatic heterocycles. The van der Waals surface area contributed by atoms with E-state index in [0.29, 0.717) is 6.04 Å². The minimum atomic E-state index is 0.687. The van der Waals surface area contributed by atoms with Gasteiger partial charge in [0, 0.05) is 25.7 Å². The van der Waals surface area contributed by atoms with Crippen LogP contribution >= 0.6 is 0 Å². The normalized spacial score (nSPS) is 29.4. The van der Waals surface area contributed by atoms with Gasteiger partial charge in [0.15, 0.2) is 0 Å². The Morgan fingerprint density at radius 3 is 2.93 bits per heavy atom. The zero-order chi connectivity index (χ0) is 10.4. The average Bonchev–Trinajstić information content (AvgIpc) is 2.15. The molecule has 2 unspecified atom stereocenters. The second-order valence-electron chi connectivity index (χ2n) is 4.29. The molecule has 0 amide bonds. The summed E-state index contributed by atoms with van der Waals surface area (Å²) in [5.74, 6) is 0.760. The molecule has 1 fully saturated rings. The van der Waals surface area contributed by atoms with Crippen LogP contribution in [0.3, 0.4) is 0 Å². The lowest BCUT2D eigenvalue weighted by Gasteiger charge is -2.35. The quantitative estimate of drug-likeness (QED) is 0.669. The monoisotopic (exact) mass is 200 g/mol. The van der Waals surface area contributed by atoms with Crippen LogP contribution in [0, 0.1) is 5.92 Å². The third-order valence-electron chi connectivity index (χ3n) is 2.97. The summed E-state index contributed by atoms with van der Waals surface area (Å²) in [5.41, 5.74) is 0. The molecule has 1 aliphatic rings. The Balaban J connectivity index is 2.11. The number of hydrogen-bond acceptors (Lipinski definition) is 3. The summed E-state index contributed by atoms with van der Waals surface area (Å²) in [5, 5.41) is 3.58. The third kappa shape index (κ3) is 3.95. The largest absolute Gasteiger partial charge is 0.380 e. The summed E-state index contributed by atoms with van der Waals surface area (Å²) in [4.78, 5) is 2.41. The Bertz CT molecular complexity index is 152. The lowest BCUT2D eigenvalue weighted by atomic mass is 9.94. The van der Waals surface area contributed by atoms with E-state index in [1.807, 2.05) is 6.92 Å². The van der Waals surface area contributed by atoms with Crippen molar-refractivity contribution in [2.45, 2.75) is 26.3 Å². The molecule has 0 aliphatic carbocycles. The van der Waals surface area contributed by atoms with E-state index in [0.717, 1.165) is 25.7 Å². The lowest BCUT2D eigenvalue weighted by molar-refractivity contribution is 0.131. The molecular weight excluding hydrogens is 176 g/mol. The Morgan fingerprint density at radius 1 is 1.50 bits per heavy atom. The van der Waals surface area contributed by atoms with Crippen molar-refractivity contribution in [3.05, 3.63) is 0 Å². The fourth-order valence-electron chi connectivity index (χ4n) is 2.12. The van der Waals surface area contributed by atoms with E-state index < -0.39 is 0 Å². The highest BCUT2D eigenvalue weighted by molar-refractivity contribution is 4.81. The first-order valence-corrected chi connectivity index (χ1v) is 5.73. The van der Waals surface area contributed by atoms with Gasteiger partial charge in [-0.15, -0.1) is 0 Å². The summed E-state index contributed by atoms with van der Waals surface area (Å²) in [6.45, 7) is 9.46. The number of ether oxygens (including phenoxy) is 1. The molecule has 1 saturated heterocycles. The van der Waals surface area contributed by atoms with Gasteiger partial charge in [-0.3, -0.25) is 0 Å². The van der Waals surface area contributed by atoms with Gasteiger partial charge in [-0.1, -0.05) is 6.92 Å². The van der Waals surface area contributed by atoms with Gasteiger partial charge in [0.25, 0.3) is 0 Å². The van der Waals surface area contributed by atoms with Gasteiger partial charge in [0.05, 0.1) is 6.61 Å².